The fraction of sp³-hybridized carbons (Fsp3) is 0.316. The zero-order valence-corrected chi connectivity index (χ0v) is 16.0. The van der Waals surface area contributed by atoms with Gasteiger partial charge in [0.1, 0.15) is 5.75 Å². The van der Waals surface area contributed by atoms with Gasteiger partial charge in [0.2, 0.25) is 0 Å². The van der Waals surface area contributed by atoms with Gasteiger partial charge in [-0.1, -0.05) is 26.0 Å². The monoisotopic (exact) mass is 376 g/mol. The van der Waals surface area contributed by atoms with Gasteiger partial charge in [-0.2, -0.15) is 0 Å². The van der Waals surface area contributed by atoms with Crippen molar-refractivity contribution in [2.75, 3.05) is 17.9 Å². The Morgan fingerprint density at radius 3 is 2.42 bits per heavy atom. The maximum absolute atomic E-state index is 12.4. The molecule has 0 saturated heterocycles. The highest BCUT2D eigenvalue weighted by Crippen LogP contribution is 2.19. The van der Waals surface area contributed by atoms with Crippen LogP contribution >= 0.6 is 0 Å². The van der Waals surface area contributed by atoms with Crippen molar-refractivity contribution in [3.63, 3.8) is 0 Å². The number of benzene rings is 2. The molecular formula is C19H24N2O4S. The van der Waals surface area contributed by atoms with E-state index in [9.17, 15) is 13.2 Å². The molecule has 140 valence electrons. The molecular weight excluding hydrogens is 352 g/mol. The predicted molar refractivity (Wildman–Crippen MR) is 102 cm³/mol. The lowest BCUT2D eigenvalue weighted by Gasteiger charge is -2.11. The van der Waals surface area contributed by atoms with Gasteiger partial charge in [-0.05, 0) is 54.8 Å². The van der Waals surface area contributed by atoms with E-state index in [0.29, 0.717) is 23.9 Å². The first-order chi connectivity index (χ1) is 12.3. The van der Waals surface area contributed by atoms with Gasteiger partial charge in [0.15, 0.2) is 6.61 Å². The summed E-state index contributed by atoms with van der Waals surface area (Å²) in [7, 11) is -3.68. The SMILES string of the molecule is Cc1cccc(NS(=O)(=O)c2ccc(OCC(=O)NCC(C)C)cc2)c1. The summed E-state index contributed by atoms with van der Waals surface area (Å²) in [6.07, 6.45) is 0. The van der Waals surface area contributed by atoms with Crippen molar-refractivity contribution in [2.24, 2.45) is 5.92 Å². The third-order valence-electron chi connectivity index (χ3n) is 3.48. The molecule has 1 amide bonds. The maximum atomic E-state index is 12.4. The summed E-state index contributed by atoms with van der Waals surface area (Å²) in [5, 5.41) is 2.75. The topological polar surface area (TPSA) is 84.5 Å². The highest BCUT2D eigenvalue weighted by Gasteiger charge is 2.14. The summed E-state index contributed by atoms with van der Waals surface area (Å²) in [4.78, 5) is 11.8. The quantitative estimate of drug-likeness (QED) is 0.742. The Morgan fingerprint density at radius 1 is 1.12 bits per heavy atom. The Morgan fingerprint density at radius 2 is 1.81 bits per heavy atom. The van der Waals surface area contributed by atoms with Gasteiger partial charge in [-0.25, -0.2) is 8.42 Å². The van der Waals surface area contributed by atoms with Crippen LogP contribution in [0.2, 0.25) is 0 Å². The summed E-state index contributed by atoms with van der Waals surface area (Å²) in [5.74, 6) is 0.583. The van der Waals surface area contributed by atoms with E-state index in [-0.39, 0.29) is 17.4 Å². The molecule has 0 radical (unpaired) electrons. The minimum Gasteiger partial charge on any atom is -0.484 e. The largest absolute Gasteiger partial charge is 0.484 e. The normalized spacial score (nSPS) is 11.2. The van der Waals surface area contributed by atoms with Crippen LogP contribution in [0.5, 0.6) is 5.75 Å². The molecule has 0 heterocycles. The molecule has 2 aromatic rings. The average Bonchev–Trinajstić information content (AvgIpc) is 2.58. The molecule has 6 nitrogen and oxygen atoms in total. The number of hydrogen-bond donors (Lipinski definition) is 2. The number of nitrogens with one attached hydrogen (secondary N) is 2. The summed E-state index contributed by atoms with van der Waals surface area (Å²) in [6.45, 7) is 6.38. The van der Waals surface area contributed by atoms with Crippen molar-refractivity contribution in [1.82, 2.24) is 5.32 Å². The Balaban J connectivity index is 1.96. The molecule has 0 fully saturated rings. The third kappa shape index (κ3) is 6.07. The number of amides is 1. The summed E-state index contributed by atoms with van der Waals surface area (Å²) < 4.78 is 32.8. The fourth-order valence-corrected chi connectivity index (χ4v) is 3.21. The van der Waals surface area contributed by atoms with E-state index in [4.69, 9.17) is 4.74 Å². The van der Waals surface area contributed by atoms with Gasteiger partial charge >= 0.3 is 0 Å². The van der Waals surface area contributed by atoms with E-state index in [1.54, 1.807) is 18.2 Å². The van der Waals surface area contributed by atoms with E-state index in [2.05, 4.69) is 10.0 Å². The summed E-state index contributed by atoms with van der Waals surface area (Å²) in [5.41, 5.74) is 1.47. The number of aryl methyl sites for hydroxylation is 1. The van der Waals surface area contributed by atoms with Crippen molar-refractivity contribution < 1.29 is 17.9 Å². The molecule has 0 atom stereocenters. The van der Waals surface area contributed by atoms with Gasteiger partial charge in [-0.15, -0.1) is 0 Å². The number of ether oxygens (including phenoxy) is 1. The van der Waals surface area contributed by atoms with Gasteiger partial charge < -0.3 is 10.1 Å². The standard InChI is InChI=1S/C19H24N2O4S/c1-14(2)12-20-19(22)13-25-17-7-9-18(10-8-17)26(23,24)21-16-6-4-5-15(3)11-16/h4-11,14,21H,12-13H2,1-3H3,(H,20,22). The first kappa shape index (κ1) is 19.8. The molecule has 2 rings (SSSR count). The van der Waals surface area contributed by atoms with E-state index in [1.165, 1.54) is 24.3 Å². The van der Waals surface area contributed by atoms with Crippen LogP contribution in [0.4, 0.5) is 5.69 Å². The van der Waals surface area contributed by atoms with Crippen molar-refractivity contribution in [3.8, 4) is 5.75 Å². The lowest BCUT2D eigenvalue weighted by atomic mass is 10.2. The molecule has 0 aliphatic rings. The lowest BCUT2D eigenvalue weighted by Crippen LogP contribution is -2.31. The van der Waals surface area contributed by atoms with Gasteiger partial charge in [0.25, 0.3) is 15.9 Å². The third-order valence-corrected chi connectivity index (χ3v) is 4.88. The van der Waals surface area contributed by atoms with Crippen LogP contribution in [-0.4, -0.2) is 27.5 Å². The van der Waals surface area contributed by atoms with Crippen LogP contribution < -0.4 is 14.8 Å². The second kappa shape index (κ2) is 8.71. The molecule has 2 aromatic carbocycles. The molecule has 26 heavy (non-hydrogen) atoms. The van der Waals surface area contributed by atoms with Crippen molar-refractivity contribution in [1.29, 1.82) is 0 Å². The molecule has 0 aliphatic carbocycles. The summed E-state index contributed by atoms with van der Waals surface area (Å²) >= 11 is 0. The Hall–Kier alpha value is -2.54. The minimum atomic E-state index is -3.68. The number of sulfonamides is 1. The van der Waals surface area contributed by atoms with E-state index in [0.717, 1.165) is 5.56 Å². The van der Waals surface area contributed by atoms with Gasteiger partial charge in [0, 0.05) is 12.2 Å². The number of hydrogen-bond acceptors (Lipinski definition) is 4. The van der Waals surface area contributed by atoms with Crippen LogP contribution in [0, 0.1) is 12.8 Å². The van der Waals surface area contributed by atoms with Gasteiger partial charge in [0.05, 0.1) is 4.90 Å². The van der Waals surface area contributed by atoms with Crippen LogP contribution in [0.3, 0.4) is 0 Å². The molecule has 0 saturated carbocycles. The molecule has 0 spiro atoms. The lowest BCUT2D eigenvalue weighted by molar-refractivity contribution is -0.123. The van der Waals surface area contributed by atoms with Crippen molar-refractivity contribution in [2.45, 2.75) is 25.7 Å². The predicted octanol–water partition coefficient (Wildman–Crippen LogP) is 2.95. The number of rotatable bonds is 8. The smallest absolute Gasteiger partial charge is 0.261 e. The highest BCUT2D eigenvalue weighted by molar-refractivity contribution is 7.92. The zero-order chi connectivity index (χ0) is 19.2. The molecule has 7 heteroatoms. The average molecular weight is 376 g/mol. The first-order valence-electron chi connectivity index (χ1n) is 8.35. The summed E-state index contributed by atoms with van der Waals surface area (Å²) in [6, 6.07) is 13.1. The van der Waals surface area contributed by atoms with Crippen molar-refractivity contribution in [3.05, 3.63) is 54.1 Å². The molecule has 0 aromatic heterocycles. The molecule has 0 unspecified atom stereocenters. The molecule has 2 N–H and O–H groups in total. The van der Waals surface area contributed by atoms with Crippen molar-refractivity contribution >= 4 is 21.6 Å². The van der Waals surface area contributed by atoms with Crippen LogP contribution in [0.1, 0.15) is 19.4 Å². The number of carbonyl (C=O) groups is 1. The van der Waals surface area contributed by atoms with Crippen LogP contribution in [-0.2, 0) is 14.8 Å². The molecule has 0 bridgehead atoms. The zero-order valence-electron chi connectivity index (χ0n) is 15.2. The first-order valence-corrected chi connectivity index (χ1v) is 9.83. The van der Waals surface area contributed by atoms with E-state index in [1.807, 2.05) is 26.8 Å². The Bertz CT molecular complexity index is 846. The Kier molecular flexibility index (Phi) is 6.63. The van der Waals surface area contributed by atoms with Gasteiger partial charge in [-0.3, -0.25) is 9.52 Å². The Labute approximate surface area is 154 Å². The number of anilines is 1. The van der Waals surface area contributed by atoms with Crippen LogP contribution in [0.15, 0.2) is 53.4 Å². The number of carbonyl (C=O) groups excluding carboxylic acids is 1. The van der Waals surface area contributed by atoms with E-state index < -0.39 is 10.0 Å². The minimum absolute atomic E-state index is 0.111. The maximum Gasteiger partial charge on any atom is 0.261 e. The fourth-order valence-electron chi connectivity index (χ4n) is 2.16. The molecule has 0 aliphatic heterocycles. The second-order valence-electron chi connectivity index (χ2n) is 6.43. The van der Waals surface area contributed by atoms with E-state index >= 15 is 0 Å². The second-order valence-corrected chi connectivity index (χ2v) is 8.12. The van der Waals surface area contributed by atoms with Crippen LogP contribution in [0.25, 0.3) is 0 Å². The highest BCUT2D eigenvalue weighted by atomic mass is 32.2.